The van der Waals surface area contributed by atoms with E-state index in [1.807, 2.05) is 36.7 Å². The molecule has 2 heterocycles. The highest BCUT2D eigenvalue weighted by Crippen LogP contribution is 2.29. The summed E-state index contributed by atoms with van der Waals surface area (Å²) in [7, 11) is 0. The molecule has 2 aromatic heterocycles. The average molecular weight is 391 g/mol. The molecule has 0 saturated heterocycles. The van der Waals surface area contributed by atoms with E-state index in [4.69, 9.17) is 4.42 Å². The Hall–Kier alpha value is -2.86. The SMILES string of the molecule is Cc1ccc(-c2nnc(CSc3nccn3-c3ccccc3C(C)C)o2)cc1. The van der Waals surface area contributed by atoms with Crippen LogP contribution in [0.4, 0.5) is 0 Å². The molecule has 0 spiro atoms. The number of aromatic nitrogens is 4. The van der Waals surface area contributed by atoms with E-state index in [2.05, 4.69) is 64.8 Å². The molecule has 5 nitrogen and oxygen atoms in total. The van der Waals surface area contributed by atoms with Crippen LogP contribution in [0.2, 0.25) is 0 Å². The van der Waals surface area contributed by atoms with E-state index >= 15 is 0 Å². The predicted molar refractivity (Wildman–Crippen MR) is 112 cm³/mol. The summed E-state index contributed by atoms with van der Waals surface area (Å²) in [5.74, 6) is 2.14. The topological polar surface area (TPSA) is 56.7 Å². The third-order valence-electron chi connectivity index (χ3n) is 4.52. The first-order valence-corrected chi connectivity index (χ1v) is 10.3. The Balaban J connectivity index is 1.52. The van der Waals surface area contributed by atoms with Crippen LogP contribution in [-0.4, -0.2) is 19.7 Å². The van der Waals surface area contributed by atoms with Gasteiger partial charge in [-0.3, -0.25) is 4.57 Å². The summed E-state index contributed by atoms with van der Waals surface area (Å²) in [5.41, 5.74) is 4.58. The summed E-state index contributed by atoms with van der Waals surface area (Å²) in [6.07, 6.45) is 3.82. The van der Waals surface area contributed by atoms with Crippen LogP contribution in [-0.2, 0) is 5.75 Å². The standard InChI is InChI=1S/C22H22N4OS/c1-15(2)18-6-4-5-7-19(18)26-13-12-23-22(26)28-14-20-24-25-21(27-20)17-10-8-16(3)9-11-17/h4-13,15H,14H2,1-3H3. The Morgan fingerprint density at radius 3 is 2.61 bits per heavy atom. The first kappa shape index (κ1) is 18.5. The number of nitrogens with zero attached hydrogens (tertiary/aromatic N) is 4. The molecule has 0 aliphatic heterocycles. The minimum atomic E-state index is 0.435. The van der Waals surface area contributed by atoms with Gasteiger partial charge in [-0.05, 0) is 36.6 Å². The lowest BCUT2D eigenvalue weighted by atomic mass is 10.0. The lowest BCUT2D eigenvalue weighted by molar-refractivity contribution is 0.528. The fraction of sp³-hybridized carbons (Fsp3) is 0.227. The van der Waals surface area contributed by atoms with Crippen molar-refractivity contribution in [1.82, 2.24) is 19.7 Å². The highest BCUT2D eigenvalue weighted by molar-refractivity contribution is 7.98. The molecule has 28 heavy (non-hydrogen) atoms. The lowest BCUT2D eigenvalue weighted by Gasteiger charge is -2.14. The summed E-state index contributed by atoms with van der Waals surface area (Å²) >= 11 is 1.59. The molecule has 142 valence electrons. The molecule has 0 amide bonds. The molecule has 0 N–H and O–H groups in total. The van der Waals surface area contributed by atoms with Crippen LogP contribution in [0.3, 0.4) is 0 Å². The van der Waals surface area contributed by atoms with Crippen molar-refractivity contribution in [3.8, 4) is 17.1 Å². The van der Waals surface area contributed by atoms with Gasteiger partial charge in [0.05, 0.1) is 11.4 Å². The Bertz CT molecular complexity index is 1070. The molecule has 0 aliphatic rings. The Labute approximate surface area is 168 Å². The van der Waals surface area contributed by atoms with Gasteiger partial charge in [0.1, 0.15) is 0 Å². The second-order valence-corrected chi connectivity index (χ2v) is 7.89. The van der Waals surface area contributed by atoms with Crippen molar-refractivity contribution in [2.45, 2.75) is 37.6 Å². The number of rotatable bonds is 6. The molecule has 0 bridgehead atoms. The maximum atomic E-state index is 5.84. The van der Waals surface area contributed by atoms with E-state index in [0.29, 0.717) is 23.5 Å². The van der Waals surface area contributed by atoms with Crippen molar-refractivity contribution in [3.63, 3.8) is 0 Å². The van der Waals surface area contributed by atoms with Crippen LogP contribution >= 0.6 is 11.8 Å². The van der Waals surface area contributed by atoms with E-state index in [1.54, 1.807) is 11.8 Å². The van der Waals surface area contributed by atoms with Gasteiger partial charge in [0.25, 0.3) is 0 Å². The number of imidazole rings is 1. The molecular weight excluding hydrogens is 368 g/mol. The number of hydrogen-bond donors (Lipinski definition) is 0. The highest BCUT2D eigenvalue weighted by atomic mass is 32.2. The van der Waals surface area contributed by atoms with Crippen LogP contribution in [0.1, 0.15) is 36.8 Å². The summed E-state index contributed by atoms with van der Waals surface area (Å²) in [5, 5.41) is 9.27. The number of benzene rings is 2. The van der Waals surface area contributed by atoms with Gasteiger partial charge in [-0.2, -0.15) is 0 Å². The highest BCUT2D eigenvalue weighted by Gasteiger charge is 2.14. The lowest BCUT2D eigenvalue weighted by Crippen LogP contribution is -2.01. The van der Waals surface area contributed by atoms with Crippen molar-refractivity contribution >= 4 is 11.8 Å². The van der Waals surface area contributed by atoms with Crippen LogP contribution in [0.25, 0.3) is 17.1 Å². The van der Waals surface area contributed by atoms with E-state index in [1.165, 1.54) is 11.1 Å². The van der Waals surface area contributed by atoms with Gasteiger partial charge >= 0.3 is 0 Å². The van der Waals surface area contributed by atoms with Gasteiger partial charge < -0.3 is 4.42 Å². The zero-order chi connectivity index (χ0) is 19.5. The van der Waals surface area contributed by atoms with Gasteiger partial charge in [0.2, 0.25) is 11.8 Å². The number of aryl methyl sites for hydroxylation is 1. The van der Waals surface area contributed by atoms with Crippen molar-refractivity contribution in [3.05, 3.63) is 77.9 Å². The van der Waals surface area contributed by atoms with Gasteiger partial charge in [0, 0.05) is 18.0 Å². The quantitative estimate of drug-likeness (QED) is 0.398. The van der Waals surface area contributed by atoms with Crippen LogP contribution < -0.4 is 0 Å². The summed E-state index contributed by atoms with van der Waals surface area (Å²) in [6.45, 7) is 6.46. The maximum absolute atomic E-state index is 5.84. The van der Waals surface area contributed by atoms with E-state index in [0.717, 1.165) is 16.4 Å². The fourth-order valence-electron chi connectivity index (χ4n) is 3.03. The van der Waals surface area contributed by atoms with Crippen LogP contribution in [0.5, 0.6) is 0 Å². The van der Waals surface area contributed by atoms with Crippen molar-refractivity contribution < 1.29 is 4.42 Å². The minimum absolute atomic E-state index is 0.435. The first-order chi connectivity index (χ1) is 13.6. The van der Waals surface area contributed by atoms with E-state index < -0.39 is 0 Å². The first-order valence-electron chi connectivity index (χ1n) is 9.26. The Morgan fingerprint density at radius 1 is 1.04 bits per heavy atom. The molecule has 4 rings (SSSR count). The molecule has 0 fully saturated rings. The zero-order valence-electron chi connectivity index (χ0n) is 16.2. The van der Waals surface area contributed by atoms with Crippen molar-refractivity contribution in [2.75, 3.05) is 0 Å². The predicted octanol–water partition coefficient (Wildman–Crippen LogP) is 5.65. The van der Waals surface area contributed by atoms with Gasteiger partial charge in [-0.15, -0.1) is 10.2 Å². The van der Waals surface area contributed by atoms with Gasteiger partial charge in [-0.25, -0.2) is 4.98 Å². The Kier molecular flexibility index (Phi) is 5.30. The smallest absolute Gasteiger partial charge is 0.247 e. The molecule has 6 heteroatoms. The van der Waals surface area contributed by atoms with E-state index in [9.17, 15) is 0 Å². The summed E-state index contributed by atoms with van der Waals surface area (Å²) in [6, 6.07) is 16.5. The van der Waals surface area contributed by atoms with Gasteiger partial charge in [-0.1, -0.05) is 61.5 Å². The summed E-state index contributed by atoms with van der Waals surface area (Å²) in [4.78, 5) is 4.52. The van der Waals surface area contributed by atoms with Crippen molar-refractivity contribution in [1.29, 1.82) is 0 Å². The van der Waals surface area contributed by atoms with Crippen LogP contribution in [0, 0.1) is 6.92 Å². The molecule has 0 radical (unpaired) electrons. The number of thioether (sulfide) groups is 1. The van der Waals surface area contributed by atoms with Gasteiger partial charge in [0.15, 0.2) is 5.16 Å². The second-order valence-electron chi connectivity index (χ2n) is 6.95. The molecule has 0 saturated carbocycles. The molecule has 0 unspecified atom stereocenters. The maximum Gasteiger partial charge on any atom is 0.247 e. The molecule has 0 atom stereocenters. The monoisotopic (exact) mass is 390 g/mol. The molecule has 2 aromatic carbocycles. The number of para-hydroxylation sites is 1. The molecule has 4 aromatic rings. The summed E-state index contributed by atoms with van der Waals surface area (Å²) < 4.78 is 7.96. The fourth-order valence-corrected chi connectivity index (χ4v) is 3.83. The third kappa shape index (κ3) is 3.87. The van der Waals surface area contributed by atoms with Crippen molar-refractivity contribution in [2.24, 2.45) is 0 Å². The minimum Gasteiger partial charge on any atom is -0.420 e. The van der Waals surface area contributed by atoms with Crippen LogP contribution in [0.15, 0.2) is 70.5 Å². The second kappa shape index (κ2) is 8.02. The third-order valence-corrected chi connectivity index (χ3v) is 5.47. The Morgan fingerprint density at radius 2 is 1.82 bits per heavy atom. The molecular formula is C22H22N4OS. The zero-order valence-corrected chi connectivity index (χ0v) is 17.0. The normalized spacial score (nSPS) is 11.3. The average Bonchev–Trinajstić information content (AvgIpc) is 3.36. The largest absolute Gasteiger partial charge is 0.420 e. The molecule has 0 aliphatic carbocycles. The van der Waals surface area contributed by atoms with E-state index in [-0.39, 0.29) is 0 Å². The number of hydrogen-bond acceptors (Lipinski definition) is 5.